The Labute approximate surface area is 226 Å². The predicted molar refractivity (Wildman–Crippen MR) is 150 cm³/mol. The number of benzene rings is 3. The van der Waals surface area contributed by atoms with Crippen molar-refractivity contribution >= 4 is 44.8 Å². The number of aromatic nitrogens is 1. The minimum atomic E-state index is -0.547. The number of nitriles is 1. The maximum Gasteiger partial charge on any atom is 0.273 e. The summed E-state index contributed by atoms with van der Waals surface area (Å²) >= 11 is 4.57. The van der Waals surface area contributed by atoms with Crippen LogP contribution in [0.4, 0.5) is 0 Å². The lowest BCUT2D eigenvalue weighted by molar-refractivity contribution is -0.116. The highest BCUT2D eigenvalue weighted by molar-refractivity contribution is 9.10. The number of hydrogen-bond acceptors (Lipinski definition) is 5. The Bertz CT molecular complexity index is 1640. The van der Waals surface area contributed by atoms with Crippen molar-refractivity contribution in [3.05, 3.63) is 114 Å². The van der Waals surface area contributed by atoms with Crippen LogP contribution in [0.25, 0.3) is 17.3 Å². The van der Waals surface area contributed by atoms with E-state index in [0.717, 1.165) is 21.4 Å². The summed E-state index contributed by atoms with van der Waals surface area (Å²) in [5, 5.41) is 12.9. The molecule has 3 aromatic carbocycles. The highest BCUT2D eigenvalue weighted by atomic mass is 79.9. The molecule has 0 unspecified atom stereocenters. The van der Waals surface area contributed by atoms with Crippen LogP contribution in [0.1, 0.15) is 31.0 Å². The Morgan fingerprint density at radius 3 is 2.46 bits per heavy atom. The van der Waals surface area contributed by atoms with Crippen molar-refractivity contribution in [2.24, 2.45) is 0 Å². The topological polar surface area (TPSA) is 84.1 Å². The van der Waals surface area contributed by atoms with Crippen LogP contribution in [-0.2, 0) is 4.79 Å². The second-order valence-corrected chi connectivity index (χ2v) is 10.0. The molecule has 0 aliphatic heterocycles. The number of para-hydroxylation sites is 1. The van der Waals surface area contributed by atoms with E-state index in [1.54, 1.807) is 30.3 Å². The summed E-state index contributed by atoms with van der Waals surface area (Å²) in [6.07, 6.45) is 1.73. The van der Waals surface area contributed by atoms with Crippen LogP contribution in [0.15, 0.2) is 88.1 Å². The summed E-state index contributed by atoms with van der Waals surface area (Å²) in [6, 6.07) is 25.7. The minimum Gasteiger partial charge on any atom is -0.493 e. The van der Waals surface area contributed by atoms with Gasteiger partial charge in [0.2, 0.25) is 0 Å². The van der Waals surface area contributed by atoms with Gasteiger partial charge in [0.25, 0.3) is 11.5 Å². The summed E-state index contributed by atoms with van der Waals surface area (Å²) in [7, 11) is 0. The maximum absolute atomic E-state index is 13.7. The number of ether oxygens (including phenoxy) is 1. The average Bonchev–Trinajstić information content (AvgIpc) is 3.22. The molecule has 1 amide bonds. The molecule has 0 aliphatic rings. The number of nitrogens with one attached hydrogen (secondary N) is 1. The zero-order chi connectivity index (χ0) is 26.4. The smallest absolute Gasteiger partial charge is 0.273 e. The molecule has 0 fully saturated rings. The number of rotatable bonds is 7. The van der Waals surface area contributed by atoms with Gasteiger partial charge in [-0.15, -0.1) is 11.3 Å². The van der Waals surface area contributed by atoms with Gasteiger partial charge in [-0.2, -0.15) is 5.26 Å². The highest BCUT2D eigenvalue weighted by Crippen LogP contribution is 2.24. The van der Waals surface area contributed by atoms with Gasteiger partial charge in [0.05, 0.1) is 22.9 Å². The molecule has 1 N–H and O–H groups in total. The first kappa shape index (κ1) is 26.1. The number of thiazole rings is 1. The van der Waals surface area contributed by atoms with E-state index in [2.05, 4.69) is 21.2 Å². The van der Waals surface area contributed by atoms with Gasteiger partial charge in [-0.3, -0.25) is 14.2 Å². The Morgan fingerprint density at radius 1 is 1.14 bits per heavy atom. The standard InChI is InChI=1S/C29H24BrN3O3S/c1-3-36-25-15-14-22(30)16-21(25)17-26-28(35)33(23-12-8-5-9-13-23)29(37-26)24(18-31)27(34)32-19(2)20-10-6-4-7-11-20/h4-17,19H,3H2,1-2H3,(H,32,34)/b26-17+,29-24-/t19-/m0/s1. The first-order valence-corrected chi connectivity index (χ1v) is 13.3. The molecular weight excluding hydrogens is 550 g/mol. The van der Waals surface area contributed by atoms with Gasteiger partial charge in [0.15, 0.2) is 5.57 Å². The van der Waals surface area contributed by atoms with Gasteiger partial charge in [0.1, 0.15) is 16.5 Å². The van der Waals surface area contributed by atoms with Crippen molar-refractivity contribution < 1.29 is 9.53 Å². The average molecular weight is 575 g/mol. The molecule has 1 heterocycles. The molecule has 1 atom stereocenters. The van der Waals surface area contributed by atoms with Gasteiger partial charge in [-0.25, -0.2) is 0 Å². The molecule has 4 rings (SSSR count). The first-order chi connectivity index (χ1) is 17.9. The van der Waals surface area contributed by atoms with Crippen LogP contribution in [-0.4, -0.2) is 17.1 Å². The van der Waals surface area contributed by atoms with E-state index in [4.69, 9.17) is 4.74 Å². The van der Waals surface area contributed by atoms with E-state index < -0.39 is 5.91 Å². The fourth-order valence-corrected chi connectivity index (χ4v) is 5.28. The quantitative estimate of drug-likeness (QED) is 0.354. The molecule has 0 radical (unpaired) electrons. The maximum atomic E-state index is 13.7. The van der Waals surface area contributed by atoms with Gasteiger partial charge < -0.3 is 10.1 Å². The fraction of sp³-hybridized carbons (Fsp3) is 0.138. The first-order valence-electron chi connectivity index (χ1n) is 11.6. The van der Waals surface area contributed by atoms with E-state index >= 15 is 0 Å². The zero-order valence-corrected chi connectivity index (χ0v) is 22.7. The van der Waals surface area contributed by atoms with Gasteiger partial charge in [-0.1, -0.05) is 64.5 Å². The molecule has 6 nitrogen and oxygen atoms in total. The summed E-state index contributed by atoms with van der Waals surface area (Å²) in [5.41, 5.74) is 1.72. The van der Waals surface area contributed by atoms with E-state index in [1.165, 1.54) is 4.57 Å². The largest absolute Gasteiger partial charge is 0.493 e. The van der Waals surface area contributed by atoms with E-state index in [-0.39, 0.29) is 21.8 Å². The highest BCUT2D eigenvalue weighted by Gasteiger charge is 2.19. The second-order valence-electron chi connectivity index (χ2n) is 8.10. The number of hydrogen-bond donors (Lipinski definition) is 1. The fourth-order valence-electron chi connectivity index (χ4n) is 3.81. The molecular formula is C29H24BrN3O3S. The lowest BCUT2D eigenvalue weighted by atomic mass is 10.1. The predicted octanol–water partition coefficient (Wildman–Crippen LogP) is 4.44. The van der Waals surface area contributed by atoms with E-state index in [9.17, 15) is 14.9 Å². The molecule has 186 valence electrons. The van der Waals surface area contributed by atoms with Crippen molar-refractivity contribution in [1.82, 2.24) is 9.88 Å². The molecule has 0 bridgehead atoms. The lowest BCUT2D eigenvalue weighted by Gasteiger charge is -2.13. The van der Waals surface area contributed by atoms with Gasteiger partial charge in [0, 0.05) is 10.0 Å². The van der Waals surface area contributed by atoms with Crippen LogP contribution >= 0.6 is 27.3 Å². The van der Waals surface area contributed by atoms with Gasteiger partial charge in [-0.05, 0) is 55.8 Å². The van der Waals surface area contributed by atoms with Crippen LogP contribution in [0.5, 0.6) is 5.75 Å². The van der Waals surface area contributed by atoms with Crippen molar-refractivity contribution in [2.45, 2.75) is 19.9 Å². The third-order valence-electron chi connectivity index (χ3n) is 5.60. The summed E-state index contributed by atoms with van der Waals surface area (Å²) in [5.74, 6) is 0.0824. The molecule has 37 heavy (non-hydrogen) atoms. The summed E-state index contributed by atoms with van der Waals surface area (Å²) in [6.45, 7) is 4.21. The normalized spacial score (nSPS) is 13.0. The number of nitrogens with zero attached hydrogens (tertiary/aromatic N) is 2. The Morgan fingerprint density at radius 2 is 1.81 bits per heavy atom. The molecule has 0 saturated heterocycles. The SMILES string of the molecule is CCOc1ccc(Br)cc1/C=c1/s/c(=C(/C#N)C(=O)N[C@@H](C)c2ccccc2)n(-c2ccccc2)c1=O. The summed E-state index contributed by atoms with van der Waals surface area (Å²) in [4.78, 5) is 27.0. The monoisotopic (exact) mass is 573 g/mol. The number of amides is 1. The lowest BCUT2D eigenvalue weighted by Crippen LogP contribution is -2.34. The van der Waals surface area contributed by atoms with E-state index in [1.807, 2.05) is 74.5 Å². The van der Waals surface area contributed by atoms with E-state index in [0.29, 0.717) is 28.1 Å². The molecule has 1 aromatic heterocycles. The minimum absolute atomic E-state index is 0.132. The molecule has 8 heteroatoms. The molecule has 4 aromatic rings. The molecule has 0 spiro atoms. The van der Waals surface area contributed by atoms with Crippen LogP contribution < -0.4 is 24.8 Å². The zero-order valence-electron chi connectivity index (χ0n) is 20.3. The molecule has 0 aliphatic carbocycles. The van der Waals surface area contributed by atoms with Crippen molar-refractivity contribution in [3.63, 3.8) is 0 Å². The van der Waals surface area contributed by atoms with Crippen LogP contribution in [0, 0.1) is 11.3 Å². The van der Waals surface area contributed by atoms with Crippen molar-refractivity contribution in [2.75, 3.05) is 6.61 Å². The number of carbonyl (C=O) groups is 1. The third-order valence-corrected chi connectivity index (χ3v) is 7.18. The van der Waals surface area contributed by atoms with Crippen LogP contribution in [0.3, 0.4) is 0 Å². The Balaban J connectivity index is 1.93. The summed E-state index contributed by atoms with van der Waals surface area (Å²) < 4.78 is 8.62. The van der Waals surface area contributed by atoms with Crippen LogP contribution in [0.2, 0.25) is 0 Å². The molecule has 0 saturated carbocycles. The Hall–Kier alpha value is -3.93. The van der Waals surface area contributed by atoms with Crippen molar-refractivity contribution in [3.8, 4) is 17.5 Å². The number of halogens is 1. The Kier molecular flexibility index (Phi) is 8.39. The number of carbonyl (C=O) groups excluding carboxylic acids is 1. The van der Waals surface area contributed by atoms with Crippen molar-refractivity contribution in [1.29, 1.82) is 5.26 Å². The van der Waals surface area contributed by atoms with Gasteiger partial charge >= 0.3 is 0 Å². The third kappa shape index (κ3) is 5.91. The second kappa shape index (κ2) is 11.9.